The Labute approximate surface area is 115 Å². The zero-order valence-corrected chi connectivity index (χ0v) is 12.2. The minimum absolute atomic E-state index is 0.676. The van der Waals surface area contributed by atoms with Crippen LogP contribution < -0.4 is 5.73 Å². The molecule has 1 aromatic heterocycles. The maximum atomic E-state index is 6.01. The van der Waals surface area contributed by atoms with E-state index in [4.69, 9.17) is 5.73 Å². The number of aryl methyl sites for hydroxylation is 2. The van der Waals surface area contributed by atoms with Crippen LogP contribution >= 0.6 is 15.9 Å². The maximum Gasteiger partial charge on any atom is 0.150 e. The number of aromatic nitrogens is 3. The summed E-state index contributed by atoms with van der Waals surface area (Å²) in [4.78, 5) is 4.49. The Hall–Kier alpha value is -1.36. The van der Waals surface area contributed by atoms with Crippen molar-refractivity contribution in [3.63, 3.8) is 0 Å². The van der Waals surface area contributed by atoms with Crippen molar-refractivity contribution in [2.24, 2.45) is 0 Å². The zero-order chi connectivity index (χ0) is 13.1. The second kappa shape index (κ2) is 5.52. The minimum atomic E-state index is 0.676. The number of nitrogen functional groups attached to an aromatic ring is 1. The van der Waals surface area contributed by atoms with Gasteiger partial charge in [0.05, 0.1) is 6.54 Å². The Balaban J connectivity index is 2.30. The zero-order valence-electron chi connectivity index (χ0n) is 10.7. The molecule has 0 amide bonds. The average Bonchev–Trinajstić information content (AvgIpc) is 2.75. The van der Waals surface area contributed by atoms with Gasteiger partial charge in [-0.3, -0.25) is 0 Å². The molecular formula is C13H17BrN4. The normalized spacial score (nSPS) is 10.8. The highest BCUT2D eigenvalue weighted by Crippen LogP contribution is 2.19. The van der Waals surface area contributed by atoms with E-state index >= 15 is 0 Å². The number of benzene rings is 1. The summed E-state index contributed by atoms with van der Waals surface area (Å²) in [5.41, 5.74) is 7.86. The number of halogens is 1. The summed E-state index contributed by atoms with van der Waals surface area (Å²) in [6.07, 6.45) is 1.74. The van der Waals surface area contributed by atoms with Gasteiger partial charge in [0.2, 0.25) is 0 Å². The van der Waals surface area contributed by atoms with Gasteiger partial charge in [-0.15, -0.1) is 0 Å². The molecular weight excluding hydrogens is 292 g/mol. The van der Waals surface area contributed by atoms with Crippen LogP contribution in [0.15, 0.2) is 22.7 Å². The van der Waals surface area contributed by atoms with Crippen LogP contribution in [-0.4, -0.2) is 14.8 Å². The molecule has 0 aliphatic rings. The van der Waals surface area contributed by atoms with Gasteiger partial charge >= 0.3 is 0 Å². The molecule has 2 rings (SSSR count). The van der Waals surface area contributed by atoms with Crippen molar-refractivity contribution in [1.29, 1.82) is 0 Å². The summed E-state index contributed by atoms with van der Waals surface area (Å²) in [5, 5.41) is 4.50. The summed E-state index contributed by atoms with van der Waals surface area (Å²) in [5.74, 6) is 1.90. The van der Waals surface area contributed by atoms with E-state index in [1.807, 2.05) is 22.9 Å². The number of hydrogen-bond acceptors (Lipinski definition) is 3. The quantitative estimate of drug-likeness (QED) is 0.884. The summed E-state index contributed by atoms with van der Waals surface area (Å²) in [6, 6.07) is 5.93. The van der Waals surface area contributed by atoms with Crippen LogP contribution in [0.4, 0.5) is 5.69 Å². The fraction of sp³-hybridized carbons (Fsp3) is 0.385. The van der Waals surface area contributed by atoms with E-state index in [0.29, 0.717) is 6.54 Å². The predicted octanol–water partition coefficient (Wildman–Crippen LogP) is 2.80. The molecule has 4 nitrogen and oxygen atoms in total. The minimum Gasteiger partial charge on any atom is -0.398 e. The van der Waals surface area contributed by atoms with Gasteiger partial charge in [0.15, 0.2) is 5.82 Å². The Morgan fingerprint density at radius 2 is 2.06 bits per heavy atom. The van der Waals surface area contributed by atoms with Gasteiger partial charge in [-0.25, -0.2) is 9.67 Å². The van der Waals surface area contributed by atoms with E-state index in [1.165, 1.54) is 0 Å². The van der Waals surface area contributed by atoms with Crippen molar-refractivity contribution in [2.75, 3.05) is 5.73 Å². The molecule has 0 spiro atoms. The molecule has 0 saturated carbocycles. The van der Waals surface area contributed by atoms with Crippen LogP contribution in [0.5, 0.6) is 0 Å². The van der Waals surface area contributed by atoms with Crippen molar-refractivity contribution >= 4 is 21.6 Å². The van der Waals surface area contributed by atoms with Gasteiger partial charge in [-0.1, -0.05) is 35.8 Å². The van der Waals surface area contributed by atoms with E-state index in [1.54, 1.807) is 0 Å². The lowest BCUT2D eigenvalue weighted by Gasteiger charge is -2.08. The molecule has 96 valence electrons. The Morgan fingerprint density at radius 3 is 2.67 bits per heavy atom. The Bertz CT molecular complexity index is 548. The third-order valence-electron chi connectivity index (χ3n) is 2.85. The highest BCUT2D eigenvalue weighted by atomic mass is 79.9. The van der Waals surface area contributed by atoms with E-state index in [0.717, 1.165) is 40.2 Å². The summed E-state index contributed by atoms with van der Waals surface area (Å²) >= 11 is 3.41. The van der Waals surface area contributed by atoms with Crippen LogP contribution in [0.25, 0.3) is 0 Å². The van der Waals surface area contributed by atoms with Gasteiger partial charge in [-0.05, 0) is 17.7 Å². The third kappa shape index (κ3) is 2.72. The van der Waals surface area contributed by atoms with Crippen LogP contribution in [0, 0.1) is 0 Å². The largest absolute Gasteiger partial charge is 0.398 e. The average molecular weight is 309 g/mol. The number of rotatable bonds is 4. The molecule has 2 N–H and O–H groups in total. The molecule has 0 atom stereocenters. The molecule has 5 heteroatoms. The molecule has 0 aliphatic carbocycles. The van der Waals surface area contributed by atoms with Crippen LogP contribution in [0.1, 0.15) is 31.1 Å². The highest BCUT2D eigenvalue weighted by Gasteiger charge is 2.09. The highest BCUT2D eigenvalue weighted by molar-refractivity contribution is 9.10. The summed E-state index contributed by atoms with van der Waals surface area (Å²) in [6.45, 7) is 4.83. The Kier molecular flexibility index (Phi) is 4.01. The molecule has 0 fully saturated rings. The van der Waals surface area contributed by atoms with Crippen LogP contribution in [-0.2, 0) is 19.4 Å². The van der Waals surface area contributed by atoms with E-state index in [-0.39, 0.29) is 0 Å². The molecule has 18 heavy (non-hydrogen) atoms. The molecule has 1 heterocycles. The van der Waals surface area contributed by atoms with E-state index in [9.17, 15) is 0 Å². The van der Waals surface area contributed by atoms with Crippen molar-refractivity contribution in [3.8, 4) is 0 Å². The molecule has 0 radical (unpaired) electrons. The number of nitrogens with zero attached hydrogens (tertiary/aromatic N) is 3. The van der Waals surface area contributed by atoms with E-state index in [2.05, 4.69) is 39.9 Å². The van der Waals surface area contributed by atoms with Gasteiger partial charge in [0.1, 0.15) is 5.82 Å². The second-order valence-corrected chi connectivity index (χ2v) is 5.07. The summed E-state index contributed by atoms with van der Waals surface area (Å²) in [7, 11) is 0. The third-order valence-corrected chi connectivity index (χ3v) is 3.35. The molecule has 0 bridgehead atoms. The number of anilines is 1. The van der Waals surface area contributed by atoms with Gasteiger partial charge in [-0.2, -0.15) is 5.10 Å². The van der Waals surface area contributed by atoms with Gasteiger partial charge in [0.25, 0.3) is 0 Å². The standard InChI is InChI=1S/C13H17BrN4/c1-3-12-16-13(4-2)18(17-12)8-9-5-6-10(14)7-11(9)15/h5-7H,3-4,8,15H2,1-2H3. The second-order valence-electron chi connectivity index (χ2n) is 4.15. The monoisotopic (exact) mass is 308 g/mol. The first-order valence-electron chi connectivity index (χ1n) is 6.10. The van der Waals surface area contributed by atoms with Gasteiger partial charge in [0, 0.05) is 23.0 Å². The van der Waals surface area contributed by atoms with E-state index < -0.39 is 0 Å². The lowest BCUT2D eigenvalue weighted by atomic mass is 10.2. The van der Waals surface area contributed by atoms with Crippen LogP contribution in [0.2, 0.25) is 0 Å². The lowest BCUT2D eigenvalue weighted by Crippen LogP contribution is -2.08. The molecule has 1 aromatic carbocycles. The first kappa shape index (κ1) is 13.1. The number of nitrogens with two attached hydrogens (primary N) is 1. The first-order valence-corrected chi connectivity index (χ1v) is 6.89. The summed E-state index contributed by atoms with van der Waals surface area (Å²) < 4.78 is 2.94. The smallest absolute Gasteiger partial charge is 0.150 e. The predicted molar refractivity (Wildman–Crippen MR) is 76.4 cm³/mol. The van der Waals surface area contributed by atoms with Crippen molar-refractivity contribution in [3.05, 3.63) is 39.9 Å². The molecule has 0 saturated heterocycles. The number of hydrogen-bond donors (Lipinski definition) is 1. The van der Waals surface area contributed by atoms with Crippen molar-refractivity contribution < 1.29 is 0 Å². The van der Waals surface area contributed by atoms with Crippen molar-refractivity contribution in [2.45, 2.75) is 33.2 Å². The molecule has 0 unspecified atom stereocenters. The van der Waals surface area contributed by atoms with Gasteiger partial charge < -0.3 is 5.73 Å². The van der Waals surface area contributed by atoms with Crippen molar-refractivity contribution in [1.82, 2.24) is 14.8 Å². The molecule has 2 aromatic rings. The fourth-order valence-corrected chi connectivity index (χ4v) is 2.21. The van der Waals surface area contributed by atoms with Crippen LogP contribution in [0.3, 0.4) is 0 Å². The first-order chi connectivity index (χ1) is 8.63. The molecule has 0 aliphatic heterocycles. The Morgan fingerprint density at radius 1 is 1.28 bits per heavy atom. The lowest BCUT2D eigenvalue weighted by molar-refractivity contribution is 0.638. The SMILES string of the molecule is CCc1nc(CC)n(Cc2ccc(Br)cc2N)n1. The fourth-order valence-electron chi connectivity index (χ4n) is 1.84. The topological polar surface area (TPSA) is 56.7 Å². The maximum absolute atomic E-state index is 6.01.